The molecule has 0 bridgehead atoms. The minimum absolute atomic E-state index is 0.294. The average Bonchev–Trinajstić information content (AvgIpc) is 2.99. The lowest BCUT2D eigenvalue weighted by molar-refractivity contribution is -0.110. The van der Waals surface area contributed by atoms with E-state index < -0.39 is 5.60 Å². The van der Waals surface area contributed by atoms with E-state index in [-0.39, 0.29) is 11.6 Å². The van der Waals surface area contributed by atoms with Crippen molar-refractivity contribution < 1.29 is 14.3 Å². The summed E-state index contributed by atoms with van der Waals surface area (Å²) in [6.45, 7) is 6.69. The third-order valence-corrected chi connectivity index (χ3v) is 4.74. The minimum Gasteiger partial charge on any atom is -0.444 e. The number of fused-ring (bicyclic) bond motifs is 1. The van der Waals surface area contributed by atoms with E-state index in [1.807, 2.05) is 55.9 Å². The van der Waals surface area contributed by atoms with Gasteiger partial charge in [0, 0.05) is 24.9 Å². The molecule has 134 valence electrons. The summed E-state index contributed by atoms with van der Waals surface area (Å²) in [6.07, 6.45) is 4.24. The van der Waals surface area contributed by atoms with Crippen molar-refractivity contribution in [3.8, 4) is 0 Å². The van der Waals surface area contributed by atoms with Crippen molar-refractivity contribution >= 4 is 23.3 Å². The first-order chi connectivity index (χ1) is 11.8. The second-order valence-corrected chi connectivity index (χ2v) is 7.68. The van der Waals surface area contributed by atoms with Crippen molar-refractivity contribution in [3.05, 3.63) is 30.5 Å². The van der Waals surface area contributed by atoms with E-state index in [0.29, 0.717) is 32.4 Å². The summed E-state index contributed by atoms with van der Waals surface area (Å²) in [5.74, 6) is 0. The Hall–Kier alpha value is -2.37. The molecule has 0 spiro atoms. The molecule has 1 saturated heterocycles. The molecule has 6 nitrogen and oxygen atoms in total. The van der Waals surface area contributed by atoms with Crippen LogP contribution in [0.15, 0.2) is 30.5 Å². The summed E-state index contributed by atoms with van der Waals surface area (Å²) in [5, 5.41) is 5.62. The number of nitrogens with zero attached hydrogens (tertiary/aromatic N) is 3. The van der Waals surface area contributed by atoms with Gasteiger partial charge in [-0.3, -0.25) is 4.68 Å². The Balaban J connectivity index is 1.82. The highest BCUT2D eigenvalue weighted by Crippen LogP contribution is 2.35. The number of likely N-dealkylation sites (tertiary alicyclic amines) is 1. The lowest BCUT2D eigenvalue weighted by atomic mass is 9.84. The van der Waals surface area contributed by atoms with Gasteiger partial charge in [-0.2, -0.15) is 5.10 Å². The highest BCUT2D eigenvalue weighted by Gasteiger charge is 2.39. The van der Waals surface area contributed by atoms with E-state index in [2.05, 4.69) is 5.10 Å². The molecular weight excluding hydrogens is 318 g/mol. The number of carbonyl (C=O) groups excluding carboxylic acids is 2. The molecule has 2 aromatic rings. The number of aromatic nitrogens is 2. The SMILES string of the molecule is CC(C)(C)OC(=O)N1CCC(CC=O)(n2ncc3ccccc32)CC1. The number of piperidine rings is 1. The summed E-state index contributed by atoms with van der Waals surface area (Å²) in [7, 11) is 0. The van der Waals surface area contributed by atoms with Crippen LogP contribution < -0.4 is 0 Å². The Morgan fingerprint density at radius 2 is 1.96 bits per heavy atom. The molecule has 1 fully saturated rings. The molecule has 0 radical (unpaired) electrons. The van der Waals surface area contributed by atoms with Gasteiger partial charge < -0.3 is 14.4 Å². The summed E-state index contributed by atoms with van der Waals surface area (Å²) < 4.78 is 7.44. The second-order valence-electron chi connectivity index (χ2n) is 7.68. The first-order valence-electron chi connectivity index (χ1n) is 8.69. The third kappa shape index (κ3) is 3.52. The van der Waals surface area contributed by atoms with Crippen LogP contribution in [0.2, 0.25) is 0 Å². The smallest absolute Gasteiger partial charge is 0.410 e. The summed E-state index contributed by atoms with van der Waals surface area (Å²) in [5.41, 5.74) is 0.130. The number of benzene rings is 1. The van der Waals surface area contributed by atoms with Crippen molar-refractivity contribution in [2.24, 2.45) is 0 Å². The maximum Gasteiger partial charge on any atom is 0.410 e. The second kappa shape index (κ2) is 6.50. The monoisotopic (exact) mass is 343 g/mol. The van der Waals surface area contributed by atoms with Gasteiger partial charge in [-0.15, -0.1) is 0 Å². The van der Waals surface area contributed by atoms with Gasteiger partial charge in [-0.25, -0.2) is 4.79 Å². The predicted octanol–water partition coefficient (Wildman–Crippen LogP) is 3.35. The van der Waals surface area contributed by atoms with Gasteiger partial charge in [-0.05, 0) is 39.7 Å². The predicted molar refractivity (Wildman–Crippen MR) is 95.4 cm³/mol. The fraction of sp³-hybridized carbons (Fsp3) is 0.526. The van der Waals surface area contributed by atoms with Crippen LogP contribution in [0.5, 0.6) is 0 Å². The van der Waals surface area contributed by atoms with Crippen molar-refractivity contribution in [2.45, 2.75) is 51.2 Å². The molecule has 2 heterocycles. The normalized spacial score (nSPS) is 17.5. The van der Waals surface area contributed by atoms with Crippen LogP contribution in [0.1, 0.15) is 40.0 Å². The highest BCUT2D eigenvalue weighted by atomic mass is 16.6. The molecule has 0 unspecified atom stereocenters. The van der Waals surface area contributed by atoms with Gasteiger partial charge in [0.05, 0.1) is 17.3 Å². The zero-order valence-electron chi connectivity index (χ0n) is 15.1. The molecule has 0 aliphatic carbocycles. The zero-order valence-corrected chi connectivity index (χ0v) is 15.1. The van der Waals surface area contributed by atoms with E-state index in [4.69, 9.17) is 4.74 Å². The fourth-order valence-corrected chi connectivity index (χ4v) is 3.44. The maximum atomic E-state index is 12.3. The Morgan fingerprint density at radius 1 is 1.28 bits per heavy atom. The van der Waals surface area contributed by atoms with Gasteiger partial charge in [0.15, 0.2) is 0 Å². The van der Waals surface area contributed by atoms with Gasteiger partial charge in [0.25, 0.3) is 0 Å². The number of hydrogen-bond acceptors (Lipinski definition) is 4. The van der Waals surface area contributed by atoms with Crippen LogP contribution in [0.25, 0.3) is 10.9 Å². The van der Waals surface area contributed by atoms with Crippen LogP contribution in [0.3, 0.4) is 0 Å². The van der Waals surface area contributed by atoms with Gasteiger partial charge in [0.2, 0.25) is 0 Å². The van der Waals surface area contributed by atoms with E-state index in [9.17, 15) is 9.59 Å². The Bertz CT molecular complexity index is 768. The van der Waals surface area contributed by atoms with Gasteiger partial charge in [0.1, 0.15) is 11.9 Å². The number of carbonyl (C=O) groups is 2. The van der Waals surface area contributed by atoms with E-state index in [1.54, 1.807) is 4.90 Å². The minimum atomic E-state index is -0.507. The van der Waals surface area contributed by atoms with E-state index in [0.717, 1.165) is 17.2 Å². The molecule has 1 aliphatic rings. The molecule has 25 heavy (non-hydrogen) atoms. The van der Waals surface area contributed by atoms with E-state index in [1.165, 1.54) is 0 Å². The summed E-state index contributed by atoms with van der Waals surface area (Å²) in [4.78, 5) is 25.4. The lowest BCUT2D eigenvalue weighted by Gasteiger charge is -2.41. The fourth-order valence-electron chi connectivity index (χ4n) is 3.44. The van der Waals surface area contributed by atoms with E-state index >= 15 is 0 Å². The largest absolute Gasteiger partial charge is 0.444 e. The molecule has 1 aromatic heterocycles. The number of rotatable bonds is 3. The van der Waals surface area contributed by atoms with Crippen LogP contribution in [-0.2, 0) is 15.1 Å². The van der Waals surface area contributed by atoms with Crippen molar-refractivity contribution in [1.29, 1.82) is 0 Å². The van der Waals surface area contributed by atoms with Crippen molar-refractivity contribution in [2.75, 3.05) is 13.1 Å². The Morgan fingerprint density at radius 3 is 2.60 bits per heavy atom. The van der Waals surface area contributed by atoms with Crippen LogP contribution in [0.4, 0.5) is 4.79 Å². The first kappa shape index (κ1) is 17.5. The Kier molecular flexibility index (Phi) is 4.54. The molecule has 6 heteroatoms. The number of hydrogen-bond donors (Lipinski definition) is 0. The molecule has 0 N–H and O–H groups in total. The first-order valence-corrected chi connectivity index (χ1v) is 8.69. The summed E-state index contributed by atoms with van der Waals surface area (Å²) in [6, 6.07) is 8.00. The molecule has 3 rings (SSSR count). The number of ether oxygens (including phenoxy) is 1. The van der Waals surface area contributed by atoms with Crippen molar-refractivity contribution in [3.63, 3.8) is 0 Å². The molecule has 1 amide bonds. The molecule has 0 saturated carbocycles. The molecular formula is C19H25N3O3. The molecule has 0 atom stereocenters. The number of aldehydes is 1. The lowest BCUT2D eigenvalue weighted by Crippen LogP contribution is -2.49. The number of amides is 1. The topological polar surface area (TPSA) is 64.4 Å². The standard InChI is InChI=1S/C19H25N3O3/c1-18(2,3)25-17(24)21-11-8-19(9-12-21,10-13-23)22-16-7-5-4-6-15(16)14-20-22/h4-7,13-14H,8-12H2,1-3H3. The Labute approximate surface area is 147 Å². The van der Waals surface area contributed by atoms with Crippen molar-refractivity contribution in [1.82, 2.24) is 14.7 Å². The molecule has 1 aliphatic heterocycles. The number of para-hydroxylation sites is 1. The quantitative estimate of drug-likeness (QED) is 0.802. The van der Waals surface area contributed by atoms with Gasteiger partial charge in [-0.1, -0.05) is 18.2 Å². The van der Waals surface area contributed by atoms with Gasteiger partial charge >= 0.3 is 6.09 Å². The highest BCUT2D eigenvalue weighted by molar-refractivity contribution is 5.79. The van der Waals surface area contributed by atoms with Crippen LogP contribution in [-0.4, -0.2) is 45.8 Å². The third-order valence-electron chi connectivity index (χ3n) is 4.74. The average molecular weight is 343 g/mol. The zero-order chi connectivity index (χ0) is 18.1. The molecule has 1 aromatic carbocycles. The summed E-state index contributed by atoms with van der Waals surface area (Å²) >= 11 is 0. The maximum absolute atomic E-state index is 12.3. The van der Waals surface area contributed by atoms with Crippen LogP contribution in [0, 0.1) is 0 Å². The van der Waals surface area contributed by atoms with Crippen LogP contribution >= 0.6 is 0 Å².